The van der Waals surface area contributed by atoms with Gasteiger partial charge in [0.25, 0.3) is 5.56 Å². The highest BCUT2D eigenvalue weighted by molar-refractivity contribution is 5.85. The monoisotopic (exact) mass is 402 g/mol. The minimum absolute atomic E-state index is 0.0650. The summed E-state index contributed by atoms with van der Waals surface area (Å²) < 4.78 is 48.2. The molecule has 0 aromatic carbocycles. The third-order valence-corrected chi connectivity index (χ3v) is 5.51. The van der Waals surface area contributed by atoms with Crippen molar-refractivity contribution in [3.63, 3.8) is 0 Å². The van der Waals surface area contributed by atoms with Crippen LogP contribution in [0.4, 0.5) is 24.9 Å². The van der Waals surface area contributed by atoms with Crippen LogP contribution in [0.2, 0.25) is 0 Å². The molecule has 7 nitrogen and oxygen atoms in total. The van der Waals surface area contributed by atoms with Gasteiger partial charge >= 0.3 is 6.18 Å². The number of halogens is 3. The molecule has 1 aromatic rings. The third kappa shape index (κ3) is 3.38. The van der Waals surface area contributed by atoms with Crippen molar-refractivity contribution in [1.82, 2.24) is 9.55 Å². The van der Waals surface area contributed by atoms with E-state index in [1.807, 2.05) is 11.8 Å². The lowest BCUT2D eigenvalue weighted by Gasteiger charge is -2.37. The molecule has 156 valence electrons. The fourth-order valence-corrected chi connectivity index (χ4v) is 3.49. The molecule has 1 fully saturated rings. The molecule has 3 rings (SSSR count). The average molecular weight is 402 g/mol. The summed E-state index contributed by atoms with van der Waals surface area (Å²) in [7, 11) is 0. The van der Waals surface area contributed by atoms with Gasteiger partial charge in [-0.15, -0.1) is 0 Å². The first-order chi connectivity index (χ1) is 13.0. The number of Topliss-reactive ketones (excluding diaryl/α,β-unsaturated/α-hetero) is 1. The number of rotatable bonds is 4. The largest absolute Gasteiger partial charge is 0.413 e. The number of anilines is 2. The fourth-order valence-electron chi connectivity index (χ4n) is 3.49. The van der Waals surface area contributed by atoms with E-state index >= 15 is 0 Å². The van der Waals surface area contributed by atoms with Crippen LogP contribution in [0.5, 0.6) is 0 Å². The first-order valence-corrected chi connectivity index (χ1v) is 9.29. The van der Waals surface area contributed by atoms with Crippen molar-refractivity contribution < 1.29 is 22.7 Å². The number of hydrogen-bond donors (Lipinski definition) is 0. The Hall–Kier alpha value is -2.10. The molecule has 0 unspecified atom stereocenters. The molecule has 0 amide bonds. The highest BCUT2D eigenvalue weighted by Gasteiger charge is 2.60. The van der Waals surface area contributed by atoms with Crippen molar-refractivity contribution in [2.75, 3.05) is 36.1 Å². The number of ether oxygens (including phenoxy) is 1. The smallest absolute Gasteiger partial charge is 0.377 e. The number of nitrogens with zero attached hydrogens (tertiary/aromatic N) is 4. The molecule has 2 atom stereocenters. The SMILES string of the molecule is CC(C)C(=O)CN1c2nc(N3CCOC[C@H]3C)cc(=O)n2C[C@@]1(C)C(F)(F)F. The Morgan fingerprint density at radius 2 is 2.11 bits per heavy atom. The number of carbonyl (C=O) groups is 1. The van der Waals surface area contributed by atoms with Gasteiger partial charge in [0.15, 0.2) is 11.3 Å². The molecule has 0 radical (unpaired) electrons. The molecule has 0 bridgehead atoms. The topological polar surface area (TPSA) is 67.7 Å². The van der Waals surface area contributed by atoms with Crippen LogP contribution in [0.15, 0.2) is 10.9 Å². The standard InChI is InChI=1S/C18H25F3N4O3/c1-11(2)13(26)8-25-16-22-14(23-5-6-28-9-12(23)3)7-15(27)24(16)10-17(25,4)18(19,20)21/h7,11-12H,5-6,8-10H2,1-4H3/t12-,17+/m1/s1. The van der Waals surface area contributed by atoms with E-state index in [0.717, 1.165) is 16.4 Å². The van der Waals surface area contributed by atoms with Crippen LogP contribution in [-0.2, 0) is 16.1 Å². The Labute approximate surface area is 161 Å². The third-order valence-electron chi connectivity index (χ3n) is 5.51. The van der Waals surface area contributed by atoms with Gasteiger partial charge in [-0.3, -0.25) is 14.2 Å². The summed E-state index contributed by atoms with van der Waals surface area (Å²) in [4.78, 5) is 32.1. The highest BCUT2D eigenvalue weighted by atomic mass is 19.4. The number of hydrogen-bond acceptors (Lipinski definition) is 6. The van der Waals surface area contributed by atoms with E-state index in [1.54, 1.807) is 13.8 Å². The molecule has 2 aliphatic rings. The Morgan fingerprint density at radius 3 is 2.68 bits per heavy atom. The summed E-state index contributed by atoms with van der Waals surface area (Å²) >= 11 is 0. The predicted octanol–water partition coefficient (Wildman–Crippen LogP) is 1.83. The lowest BCUT2D eigenvalue weighted by atomic mass is 9.99. The summed E-state index contributed by atoms with van der Waals surface area (Å²) in [6.45, 7) is 6.49. The molecular weight excluding hydrogens is 377 g/mol. The lowest BCUT2D eigenvalue weighted by molar-refractivity contribution is -0.182. The number of morpholine rings is 1. The van der Waals surface area contributed by atoms with E-state index in [0.29, 0.717) is 25.6 Å². The fraction of sp³-hybridized carbons (Fsp3) is 0.722. The Bertz CT molecular complexity index is 823. The molecule has 10 heteroatoms. The van der Waals surface area contributed by atoms with Crippen molar-refractivity contribution in [2.24, 2.45) is 5.92 Å². The Morgan fingerprint density at radius 1 is 1.43 bits per heavy atom. The zero-order valence-electron chi connectivity index (χ0n) is 16.4. The van der Waals surface area contributed by atoms with Crippen molar-refractivity contribution >= 4 is 17.5 Å². The Balaban J connectivity index is 2.09. The number of ketones is 1. The van der Waals surface area contributed by atoms with Crippen LogP contribution in [-0.4, -0.2) is 59.4 Å². The first kappa shape index (κ1) is 20.6. The molecule has 2 aliphatic heterocycles. The Kier molecular flexibility index (Phi) is 5.20. The number of fused-ring (bicyclic) bond motifs is 1. The zero-order valence-corrected chi connectivity index (χ0v) is 16.4. The van der Waals surface area contributed by atoms with Crippen LogP contribution in [0, 0.1) is 5.92 Å². The van der Waals surface area contributed by atoms with Crippen LogP contribution < -0.4 is 15.4 Å². The van der Waals surface area contributed by atoms with Crippen LogP contribution in [0.1, 0.15) is 27.7 Å². The average Bonchev–Trinajstić information content (AvgIpc) is 2.89. The quantitative estimate of drug-likeness (QED) is 0.766. The molecular formula is C18H25F3N4O3. The second-order valence-corrected chi connectivity index (χ2v) is 7.93. The van der Waals surface area contributed by atoms with E-state index in [9.17, 15) is 22.8 Å². The maximum Gasteiger partial charge on any atom is 0.413 e. The number of alkyl halides is 3. The van der Waals surface area contributed by atoms with Crippen LogP contribution in [0.3, 0.4) is 0 Å². The lowest BCUT2D eigenvalue weighted by Crippen LogP contribution is -2.57. The van der Waals surface area contributed by atoms with E-state index < -0.39 is 36.3 Å². The van der Waals surface area contributed by atoms with Gasteiger partial charge in [-0.2, -0.15) is 18.2 Å². The normalized spacial score (nSPS) is 25.4. The minimum Gasteiger partial charge on any atom is -0.377 e. The second kappa shape index (κ2) is 7.06. The number of carbonyl (C=O) groups excluding carboxylic acids is 1. The predicted molar refractivity (Wildman–Crippen MR) is 97.8 cm³/mol. The van der Waals surface area contributed by atoms with Crippen LogP contribution >= 0.6 is 0 Å². The molecule has 1 saturated heterocycles. The van der Waals surface area contributed by atoms with Gasteiger partial charge in [0, 0.05) is 18.5 Å². The van der Waals surface area contributed by atoms with Crippen LogP contribution in [0.25, 0.3) is 0 Å². The summed E-state index contributed by atoms with van der Waals surface area (Å²) in [5.74, 6) is -0.584. The maximum atomic E-state index is 13.9. The van der Waals surface area contributed by atoms with Gasteiger partial charge in [-0.25, -0.2) is 0 Å². The molecule has 0 spiro atoms. The summed E-state index contributed by atoms with van der Waals surface area (Å²) in [5.41, 5.74) is -2.94. The molecule has 28 heavy (non-hydrogen) atoms. The van der Waals surface area contributed by atoms with Gasteiger partial charge in [0.05, 0.1) is 32.3 Å². The molecule has 0 aliphatic carbocycles. The maximum absolute atomic E-state index is 13.9. The van der Waals surface area contributed by atoms with E-state index in [2.05, 4.69) is 4.98 Å². The van der Waals surface area contributed by atoms with E-state index in [1.165, 1.54) is 6.07 Å². The zero-order chi connectivity index (χ0) is 20.9. The van der Waals surface area contributed by atoms with E-state index in [4.69, 9.17) is 4.74 Å². The molecule has 1 aromatic heterocycles. The molecule has 0 N–H and O–H groups in total. The van der Waals surface area contributed by atoms with Gasteiger partial charge in [0.2, 0.25) is 5.95 Å². The highest BCUT2D eigenvalue weighted by Crippen LogP contribution is 2.43. The minimum atomic E-state index is -4.64. The summed E-state index contributed by atoms with van der Waals surface area (Å²) in [6, 6.07) is 1.19. The summed E-state index contributed by atoms with van der Waals surface area (Å²) in [5, 5.41) is 0. The number of aromatic nitrogens is 2. The molecule has 0 saturated carbocycles. The van der Waals surface area contributed by atoms with Gasteiger partial charge in [0.1, 0.15) is 5.82 Å². The van der Waals surface area contributed by atoms with Crippen molar-refractivity contribution in [1.29, 1.82) is 0 Å². The summed E-state index contributed by atoms with van der Waals surface area (Å²) in [6.07, 6.45) is -4.64. The van der Waals surface area contributed by atoms with Crippen molar-refractivity contribution in [2.45, 2.75) is 52.0 Å². The van der Waals surface area contributed by atoms with Gasteiger partial charge < -0.3 is 14.5 Å². The van der Waals surface area contributed by atoms with Crippen molar-refractivity contribution in [3.05, 3.63) is 16.4 Å². The van der Waals surface area contributed by atoms with Gasteiger partial charge in [-0.05, 0) is 13.8 Å². The van der Waals surface area contributed by atoms with Crippen molar-refractivity contribution in [3.8, 4) is 0 Å². The van der Waals surface area contributed by atoms with E-state index in [-0.39, 0.29) is 17.8 Å². The second-order valence-electron chi connectivity index (χ2n) is 7.93. The van der Waals surface area contributed by atoms with Gasteiger partial charge in [-0.1, -0.05) is 13.8 Å². The molecule has 3 heterocycles. The first-order valence-electron chi connectivity index (χ1n) is 9.29.